The van der Waals surface area contributed by atoms with Gasteiger partial charge >= 0.3 is 0 Å². The van der Waals surface area contributed by atoms with Gasteiger partial charge in [-0.05, 0) is 20.3 Å². The van der Waals surface area contributed by atoms with Gasteiger partial charge in [-0.3, -0.25) is 0 Å². The highest BCUT2D eigenvalue weighted by Gasteiger charge is 2.14. The molecular formula is C14H31BO4. The first kappa shape index (κ1) is 18.9. The van der Waals surface area contributed by atoms with Crippen molar-refractivity contribution in [3.05, 3.63) is 0 Å². The Kier molecular flexibility index (Phi) is 11.6. The molecule has 0 saturated carbocycles. The number of hydrogen-bond acceptors (Lipinski definition) is 4. The van der Waals surface area contributed by atoms with Crippen molar-refractivity contribution in [3.63, 3.8) is 0 Å². The smallest absolute Gasteiger partial charge is 0.141 e. The Bertz CT molecular complexity index is 200. The molecule has 1 N–H and O–H groups in total. The molecule has 0 aliphatic carbocycles. The fraction of sp³-hybridized carbons (Fsp3) is 1.00. The highest BCUT2D eigenvalue weighted by atomic mass is 16.5. The highest BCUT2D eigenvalue weighted by Crippen LogP contribution is 2.12. The SMILES string of the molecule is CCC(C)(C)OCCOCCB(C)CCOCCO. The molecule has 0 saturated heterocycles. The maximum atomic E-state index is 8.57. The molecule has 0 radical (unpaired) electrons. The Balaban J connectivity index is 3.29. The predicted octanol–water partition coefficient (Wildman–Crippen LogP) is 2.34. The van der Waals surface area contributed by atoms with Gasteiger partial charge in [-0.15, -0.1) is 0 Å². The second-order valence-electron chi connectivity index (χ2n) is 5.59. The lowest BCUT2D eigenvalue weighted by molar-refractivity contribution is -0.0462. The van der Waals surface area contributed by atoms with E-state index in [0.29, 0.717) is 26.5 Å². The first-order valence-electron chi connectivity index (χ1n) is 7.42. The van der Waals surface area contributed by atoms with Crippen LogP contribution in [-0.4, -0.2) is 57.1 Å². The molecule has 0 unspecified atom stereocenters. The van der Waals surface area contributed by atoms with E-state index in [1.807, 2.05) is 0 Å². The number of aliphatic hydroxyl groups is 1. The highest BCUT2D eigenvalue weighted by molar-refractivity contribution is 6.57. The summed E-state index contributed by atoms with van der Waals surface area (Å²) in [6.07, 6.45) is 3.07. The quantitative estimate of drug-likeness (QED) is 0.413. The van der Waals surface area contributed by atoms with Gasteiger partial charge in [0.2, 0.25) is 0 Å². The van der Waals surface area contributed by atoms with Crippen LogP contribution in [0.2, 0.25) is 19.5 Å². The summed E-state index contributed by atoms with van der Waals surface area (Å²) in [5.41, 5.74) is -0.0410. The van der Waals surface area contributed by atoms with E-state index in [0.717, 1.165) is 32.3 Å². The molecule has 0 spiro atoms. The third-order valence-corrected chi connectivity index (χ3v) is 3.32. The van der Waals surface area contributed by atoms with E-state index in [1.165, 1.54) is 0 Å². The number of rotatable bonds is 13. The molecule has 0 aromatic carbocycles. The van der Waals surface area contributed by atoms with Crippen molar-refractivity contribution in [3.8, 4) is 0 Å². The lowest BCUT2D eigenvalue weighted by Crippen LogP contribution is -2.25. The van der Waals surface area contributed by atoms with Crippen LogP contribution in [0.15, 0.2) is 0 Å². The Hall–Kier alpha value is -0.0951. The largest absolute Gasteiger partial charge is 0.394 e. The summed E-state index contributed by atoms with van der Waals surface area (Å²) in [7, 11) is 0. The zero-order valence-electron chi connectivity index (χ0n) is 13.1. The third kappa shape index (κ3) is 12.7. The lowest BCUT2D eigenvalue weighted by Gasteiger charge is -2.23. The molecule has 0 rings (SSSR count). The van der Waals surface area contributed by atoms with E-state index in [1.54, 1.807) is 0 Å². The molecule has 4 nitrogen and oxygen atoms in total. The standard InChI is InChI=1S/C14H31BO4/c1-5-14(2,3)19-13-12-18-10-7-15(4)6-9-17-11-8-16/h16H,5-13H2,1-4H3. The van der Waals surface area contributed by atoms with E-state index < -0.39 is 0 Å². The predicted molar refractivity (Wildman–Crippen MR) is 80.3 cm³/mol. The zero-order valence-corrected chi connectivity index (χ0v) is 13.1. The molecule has 5 heteroatoms. The van der Waals surface area contributed by atoms with Crippen molar-refractivity contribution in [1.29, 1.82) is 0 Å². The molecule has 0 aromatic rings. The summed E-state index contributed by atoms with van der Waals surface area (Å²) >= 11 is 0. The topological polar surface area (TPSA) is 47.9 Å². The van der Waals surface area contributed by atoms with E-state index in [4.69, 9.17) is 19.3 Å². The van der Waals surface area contributed by atoms with Gasteiger partial charge in [0.15, 0.2) is 0 Å². The van der Waals surface area contributed by atoms with E-state index in [-0.39, 0.29) is 12.2 Å². The van der Waals surface area contributed by atoms with Crippen LogP contribution in [0.4, 0.5) is 0 Å². The van der Waals surface area contributed by atoms with Crippen LogP contribution in [-0.2, 0) is 14.2 Å². The van der Waals surface area contributed by atoms with Crippen molar-refractivity contribution in [2.24, 2.45) is 0 Å². The van der Waals surface area contributed by atoms with Crippen molar-refractivity contribution in [2.45, 2.75) is 52.3 Å². The molecule has 0 aliphatic rings. The first-order valence-corrected chi connectivity index (χ1v) is 7.42. The second-order valence-corrected chi connectivity index (χ2v) is 5.59. The van der Waals surface area contributed by atoms with E-state index in [2.05, 4.69) is 27.6 Å². The van der Waals surface area contributed by atoms with Gasteiger partial charge in [0, 0.05) is 13.2 Å². The molecular weight excluding hydrogens is 243 g/mol. The normalized spacial score (nSPS) is 11.8. The molecule has 0 amide bonds. The molecule has 0 atom stereocenters. The molecule has 0 bridgehead atoms. The fourth-order valence-corrected chi connectivity index (χ4v) is 1.46. The van der Waals surface area contributed by atoms with E-state index >= 15 is 0 Å². The lowest BCUT2D eigenvalue weighted by atomic mass is 9.47. The van der Waals surface area contributed by atoms with Crippen LogP contribution < -0.4 is 0 Å². The van der Waals surface area contributed by atoms with Crippen molar-refractivity contribution in [1.82, 2.24) is 0 Å². The summed E-state index contributed by atoms with van der Waals surface area (Å²) < 4.78 is 16.5. The van der Waals surface area contributed by atoms with Crippen LogP contribution >= 0.6 is 0 Å². The Labute approximate surface area is 118 Å². The van der Waals surface area contributed by atoms with E-state index in [9.17, 15) is 0 Å². The molecule has 0 aliphatic heterocycles. The monoisotopic (exact) mass is 274 g/mol. The fourth-order valence-electron chi connectivity index (χ4n) is 1.46. The Morgan fingerprint density at radius 2 is 1.53 bits per heavy atom. The minimum absolute atomic E-state index is 0.0410. The maximum Gasteiger partial charge on any atom is 0.141 e. The average Bonchev–Trinajstić information content (AvgIpc) is 2.39. The number of hydrogen-bond donors (Lipinski definition) is 1. The number of ether oxygens (including phenoxy) is 3. The van der Waals surface area contributed by atoms with Gasteiger partial charge in [0.1, 0.15) is 6.71 Å². The van der Waals surface area contributed by atoms with Gasteiger partial charge in [0.25, 0.3) is 0 Å². The second kappa shape index (κ2) is 11.7. The van der Waals surface area contributed by atoms with Gasteiger partial charge < -0.3 is 19.3 Å². The van der Waals surface area contributed by atoms with Crippen LogP contribution in [0.1, 0.15) is 27.2 Å². The van der Waals surface area contributed by atoms with Crippen LogP contribution in [0.5, 0.6) is 0 Å². The summed E-state index contributed by atoms with van der Waals surface area (Å²) in [6.45, 7) is 12.5. The van der Waals surface area contributed by atoms with Crippen LogP contribution in [0, 0.1) is 0 Å². The minimum Gasteiger partial charge on any atom is -0.394 e. The van der Waals surface area contributed by atoms with Crippen molar-refractivity contribution in [2.75, 3.05) is 39.6 Å². The summed E-state index contributed by atoms with van der Waals surface area (Å²) in [6, 6.07) is 0. The molecule has 19 heavy (non-hydrogen) atoms. The van der Waals surface area contributed by atoms with Gasteiger partial charge in [-0.25, -0.2) is 0 Å². The molecule has 0 heterocycles. The summed E-state index contributed by atoms with van der Waals surface area (Å²) in [5, 5.41) is 8.57. The maximum absolute atomic E-state index is 8.57. The zero-order chi connectivity index (χ0) is 14.6. The molecule has 0 fully saturated rings. The van der Waals surface area contributed by atoms with Crippen LogP contribution in [0.3, 0.4) is 0 Å². The number of aliphatic hydroxyl groups excluding tert-OH is 1. The average molecular weight is 274 g/mol. The van der Waals surface area contributed by atoms with Gasteiger partial charge in [0.05, 0.1) is 32.0 Å². The van der Waals surface area contributed by atoms with Crippen molar-refractivity contribution < 1.29 is 19.3 Å². The van der Waals surface area contributed by atoms with Gasteiger partial charge in [-0.1, -0.05) is 26.4 Å². The Morgan fingerprint density at radius 1 is 0.947 bits per heavy atom. The summed E-state index contributed by atoms with van der Waals surface area (Å²) in [4.78, 5) is 0. The molecule has 0 aromatic heterocycles. The summed E-state index contributed by atoms with van der Waals surface area (Å²) in [5.74, 6) is 0. The molecule has 114 valence electrons. The van der Waals surface area contributed by atoms with Crippen molar-refractivity contribution >= 4 is 6.71 Å². The van der Waals surface area contributed by atoms with Crippen LogP contribution in [0.25, 0.3) is 0 Å². The minimum atomic E-state index is -0.0410. The van der Waals surface area contributed by atoms with Gasteiger partial charge in [-0.2, -0.15) is 0 Å². The Morgan fingerprint density at radius 3 is 2.05 bits per heavy atom. The third-order valence-electron chi connectivity index (χ3n) is 3.32. The first-order chi connectivity index (χ1) is 9.02.